The lowest BCUT2D eigenvalue weighted by Gasteiger charge is -2.28. The number of amides is 2. The minimum atomic E-state index is -0.576. The number of esters is 1. The monoisotopic (exact) mass is 437 g/mol. The summed E-state index contributed by atoms with van der Waals surface area (Å²) in [6, 6.07) is 10.8. The third-order valence-electron chi connectivity index (χ3n) is 4.80. The Hall–Kier alpha value is -3.72. The van der Waals surface area contributed by atoms with E-state index in [1.165, 1.54) is 17.2 Å². The Bertz CT molecular complexity index is 1210. The molecule has 1 saturated heterocycles. The third-order valence-corrected chi connectivity index (χ3v) is 5.13. The van der Waals surface area contributed by atoms with E-state index in [0.29, 0.717) is 11.3 Å². The van der Waals surface area contributed by atoms with Gasteiger partial charge >= 0.3 is 5.97 Å². The number of carbonyl (C=O) groups is 3. The number of furan rings is 1. The summed E-state index contributed by atoms with van der Waals surface area (Å²) in [6.45, 7) is 2.15. The minimum absolute atomic E-state index is 0.0202. The lowest BCUT2D eigenvalue weighted by atomic mass is 10.1. The van der Waals surface area contributed by atoms with E-state index in [-0.39, 0.29) is 36.4 Å². The lowest BCUT2D eigenvalue weighted by Crippen LogP contribution is -2.53. The van der Waals surface area contributed by atoms with Crippen LogP contribution in [-0.2, 0) is 32.2 Å². The van der Waals surface area contributed by atoms with Gasteiger partial charge < -0.3 is 13.7 Å². The van der Waals surface area contributed by atoms with Crippen LogP contribution in [0.4, 0.5) is 0 Å². The molecule has 0 radical (unpaired) electrons. The Labute approximate surface area is 183 Å². The summed E-state index contributed by atoms with van der Waals surface area (Å²) in [6.07, 6.45) is 4.73. The van der Waals surface area contributed by atoms with E-state index < -0.39 is 11.8 Å². The molecule has 0 saturated carbocycles. The summed E-state index contributed by atoms with van der Waals surface area (Å²) in [7, 11) is 0. The molecule has 3 heterocycles. The molecule has 0 atom stereocenters. The molecule has 2 aromatic heterocycles. The van der Waals surface area contributed by atoms with E-state index in [1.54, 1.807) is 29.8 Å². The smallest absolute Gasteiger partial charge is 0.325 e. The van der Waals surface area contributed by atoms with Crippen LogP contribution in [-0.4, -0.2) is 39.0 Å². The van der Waals surface area contributed by atoms with Crippen molar-refractivity contribution in [2.45, 2.75) is 20.0 Å². The molecule has 3 aromatic rings. The van der Waals surface area contributed by atoms with Crippen LogP contribution in [0.5, 0.6) is 0 Å². The number of fused-ring (bicyclic) bond motifs is 1. The number of carbonyl (C=O) groups excluding carboxylic acids is 3. The lowest BCUT2D eigenvalue weighted by molar-refractivity contribution is -0.143. The van der Waals surface area contributed by atoms with Crippen LogP contribution in [0.3, 0.4) is 0 Å². The van der Waals surface area contributed by atoms with Gasteiger partial charge in [0.25, 0.3) is 11.8 Å². The Balaban J connectivity index is 1.71. The summed E-state index contributed by atoms with van der Waals surface area (Å²) in [4.78, 5) is 38.9. The second-order valence-corrected chi connectivity index (χ2v) is 7.21. The largest absolute Gasteiger partial charge is 0.467 e. The normalized spacial score (nSPS) is 15.6. The van der Waals surface area contributed by atoms with Gasteiger partial charge in [-0.15, -0.1) is 0 Å². The molecule has 2 amide bonds. The Kier molecular flexibility index (Phi) is 5.68. The van der Waals surface area contributed by atoms with Crippen LogP contribution < -0.4 is 5.32 Å². The fourth-order valence-electron chi connectivity index (χ4n) is 3.42. The number of rotatable bonds is 6. The van der Waals surface area contributed by atoms with Crippen molar-refractivity contribution < 1.29 is 23.5 Å². The highest BCUT2D eigenvalue weighted by Gasteiger charge is 2.34. The molecule has 9 heteroatoms. The van der Waals surface area contributed by atoms with Gasteiger partial charge in [-0.3, -0.25) is 24.6 Å². The molecule has 31 heavy (non-hydrogen) atoms. The third kappa shape index (κ3) is 4.13. The second kappa shape index (κ2) is 8.57. The molecule has 1 N–H and O–H groups in total. The number of para-hydroxylation sites is 1. The molecular weight excluding hydrogens is 418 g/mol. The zero-order valence-corrected chi connectivity index (χ0v) is 17.5. The molecule has 1 aliphatic rings. The number of nitrogens with one attached hydrogen (secondary N) is 1. The van der Waals surface area contributed by atoms with Gasteiger partial charge in [0.05, 0.1) is 19.4 Å². The van der Waals surface area contributed by atoms with Gasteiger partial charge in [0.1, 0.15) is 17.9 Å². The quantitative estimate of drug-likeness (QED) is 0.276. The fourth-order valence-corrected chi connectivity index (χ4v) is 3.66. The number of hydrogen-bond donors (Lipinski definition) is 1. The van der Waals surface area contributed by atoms with Crippen LogP contribution >= 0.6 is 12.2 Å². The van der Waals surface area contributed by atoms with E-state index in [2.05, 4.69) is 5.32 Å². The predicted octanol–water partition coefficient (Wildman–Crippen LogP) is 2.62. The molecule has 1 aromatic carbocycles. The first-order valence-corrected chi connectivity index (χ1v) is 10.0. The van der Waals surface area contributed by atoms with E-state index in [0.717, 1.165) is 10.9 Å². The van der Waals surface area contributed by atoms with Crippen molar-refractivity contribution in [1.29, 1.82) is 0 Å². The van der Waals surface area contributed by atoms with E-state index >= 15 is 0 Å². The highest BCUT2D eigenvalue weighted by molar-refractivity contribution is 7.80. The summed E-state index contributed by atoms with van der Waals surface area (Å²) >= 11 is 5.17. The van der Waals surface area contributed by atoms with Crippen LogP contribution in [0.25, 0.3) is 17.0 Å². The van der Waals surface area contributed by atoms with Crippen molar-refractivity contribution in [2.24, 2.45) is 0 Å². The molecule has 4 rings (SSSR count). The summed E-state index contributed by atoms with van der Waals surface area (Å²) in [5.74, 6) is -0.929. The van der Waals surface area contributed by atoms with E-state index in [4.69, 9.17) is 21.4 Å². The van der Waals surface area contributed by atoms with Gasteiger partial charge in [-0.05, 0) is 43.4 Å². The van der Waals surface area contributed by atoms with Crippen molar-refractivity contribution in [3.05, 3.63) is 65.8 Å². The van der Waals surface area contributed by atoms with Gasteiger partial charge in [0, 0.05) is 22.7 Å². The van der Waals surface area contributed by atoms with Gasteiger partial charge in [0.15, 0.2) is 5.11 Å². The molecule has 0 unspecified atom stereocenters. The van der Waals surface area contributed by atoms with E-state index in [1.807, 2.05) is 24.3 Å². The molecular formula is C22H19N3O5S. The van der Waals surface area contributed by atoms with Crippen molar-refractivity contribution in [3.8, 4) is 0 Å². The highest BCUT2D eigenvalue weighted by atomic mass is 32.1. The number of benzene rings is 1. The van der Waals surface area contributed by atoms with Crippen LogP contribution in [0.1, 0.15) is 18.2 Å². The summed E-state index contributed by atoms with van der Waals surface area (Å²) in [5, 5.41) is 3.37. The number of thiocarbonyl (C=S) groups is 1. The van der Waals surface area contributed by atoms with Gasteiger partial charge in [-0.1, -0.05) is 18.2 Å². The highest BCUT2D eigenvalue weighted by Crippen LogP contribution is 2.25. The molecule has 0 aliphatic carbocycles. The number of ether oxygens (including phenoxy) is 1. The standard InChI is InChI=1S/C22H19N3O5S/c1-2-29-19(26)13-24-11-14(16-7-3-4-8-18(16)24)10-17-20(27)23-22(31)25(21(17)28)12-15-6-5-9-30-15/h3-11H,2,12-13H2,1H3,(H,23,27,31)/b17-10-. The Morgan fingerprint density at radius 1 is 1.23 bits per heavy atom. The predicted molar refractivity (Wildman–Crippen MR) is 117 cm³/mol. The molecule has 0 spiro atoms. The van der Waals surface area contributed by atoms with Crippen LogP contribution in [0.2, 0.25) is 0 Å². The molecule has 8 nitrogen and oxygen atoms in total. The first-order valence-electron chi connectivity index (χ1n) is 9.62. The maximum atomic E-state index is 13.1. The first-order chi connectivity index (χ1) is 15.0. The maximum absolute atomic E-state index is 13.1. The summed E-state index contributed by atoms with van der Waals surface area (Å²) in [5.41, 5.74) is 1.36. The van der Waals surface area contributed by atoms with Crippen LogP contribution in [0.15, 0.2) is 58.8 Å². The van der Waals surface area contributed by atoms with E-state index in [9.17, 15) is 14.4 Å². The average Bonchev–Trinajstić information content (AvgIpc) is 3.37. The van der Waals surface area contributed by atoms with Crippen molar-refractivity contribution >= 4 is 52.1 Å². The number of aromatic nitrogens is 1. The molecule has 0 bridgehead atoms. The average molecular weight is 437 g/mol. The first kappa shape index (κ1) is 20.5. The van der Waals surface area contributed by atoms with Crippen LogP contribution in [0, 0.1) is 0 Å². The van der Waals surface area contributed by atoms with Crippen molar-refractivity contribution in [1.82, 2.24) is 14.8 Å². The van der Waals surface area contributed by atoms with Crippen molar-refractivity contribution in [2.75, 3.05) is 6.61 Å². The maximum Gasteiger partial charge on any atom is 0.325 e. The zero-order chi connectivity index (χ0) is 22.0. The molecule has 1 aliphatic heterocycles. The van der Waals surface area contributed by atoms with Gasteiger partial charge in [-0.25, -0.2) is 0 Å². The molecule has 1 fully saturated rings. The topological polar surface area (TPSA) is 93.8 Å². The zero-order valence-electron chi connectivity index (χ0n) is 16.7. The SMILES string of the molecule is CCOC(=O)Cn1cc(/C=C2/C(=O)NC(=S)N(Cc3ccco3)C2=O)c2ccccc21. The minimum Gasteiger partial charge on any atom is -0.467 e. The van der Waals surface area contributed by atoms with Gasteiger partial charge in [-0.2, -0.15) is 0 Å². The Morgan fingerprint density at radius 3 is 2.77 bits per heavy atom. The molecule has 158 valence electrons. The van der Waals surface area contributed by atoms with Crippen molar-refractivity contribution in [3.63, 3.8) is 0 Å². The number of hydrogen-bond acceptors (Lipinski definition) is 6. The van der Waals surface area contributed by atoms with Gasteiger partial charge in [0.2, 0.25) is 0 Å². The summed E-state index contributed by atoms with van der Waals surface area (Å²) < 4.78 is 12.1. The number of nitrogens with zero attached hydrogens (tertiary/aromatic N) is 2. The fraction of sp³-hybridized carbons (Fsp3) is 0.182. The Morgan fingerprint density at radius 2 is 2.03 bits per heavy atom. The second-order valence-electron chi connectivity index (χ2n) is 6.82.